The summed E-state index contributed by atoms with van der Waals surface area (Å²) in [6, 6.07) is 6.65. The largest absolute Gasteiger partial charge is 0.324 e. The van der Waals surface area contributed by atoms with Crippen molar-refractivity contribution in [3.8, 4) is 0 Å². The van der Waals surface area contributed by atoms with Gasteiger partial charge in [0.05, 0.1) is 22.8 Å². The molecule has 0 spiro atoms. The summed E-state index contributed by atoms with van der Waals surface area (Å²) < 4.78 is 40.1. The molecule has 0 aromatic heterocycles. The van der Waals surface area contributed by atoms with Gasteiger partial charge in [0.1, 0.15) is 11.7 Å². The summed E-state index contributed by atoms with van der Waals surface area (Å²) in [5.74, 6) is -4.83. The van der Waals surface area contributed by atoms with Crippen molar-refractivity contribution in [1.29, 1.82) is 10.8 Å². The van der Waals surface area contributed by atoms with Crippen LogP contribution < -0.4 is 10.2 Å². The summed E-state index contributed by atoms with van der Waals surface area (Å²) >= 11 is 5.81. The molecular weight excluding hydrogens is 421 g/mol. The SMILES string of the molecule is CC(=O)N(C(=N)/C=C(\C=N)NC(=O)Cc1cccc(F)c1Cl)c1ccc(F)c(F)c1. The van der Waals surface area contributed by atoms with Gasteiger partial charge in [-0.1, -0.05) is 23.7 Å². The van der Waals surface area contributed by atoms with Gasteiger partial charge in [0.15, 0.2) is 11.6 Å². The Morgan fingerprint density at radius 1 is 1.13 bits per heavy atom. The molecule has 2 aromatic rings. The highest BCUT2D eigenvalue weighted by atomic mass is 35.5. The fraction of sp³-hybridized carbons (Fsp3) is 0.100. The van der Waals surface area contributed by atoms with Gasteiger partial charge in [0.25, 0.3) is 0 Å². The van der Waals surface area contributed by atoms with E-state index in [9.17, 15) is 22.8 Å². The molecular formula is C20H16ClF3N4O2. The van der Waals surface area contributed by atoms with E-state index < -0.39 is 35.1 Å². The monoisotopic (exact) mass is 436 g/mol. The lowest BCUT2D eigenvalue weighted by atomic mass is 10.1. The van der Waals surface area contributed by atoms with Crippen LogP contribution in [0, 0.1) is 28.3 Å². The van der Waals surface area contributed by atoms with E-state index in [1.54, 1.807) is 0 Å². The van der Waals surface area contributed by atoms with Crippen LogP contribution in [0.3, 0.4) is 0 Å². The zero-order valence-electron chi connectivity index (χ0n) is 15.6. The maximum Gasteiger partial charge on any atom is 0.229 e. The number of nitrogens with zero attached hydrogens (tertiary/aromatic N) is 1. The molecule has 0 aliphatic carbocycles. The van der Waals surface area contributed by atoms with Crippen molar-refractivity contribution in [1.82, 2.24) is 5.32 Å². The first-order chi connectivity index (χ1) is 14.1. The van der Waals surface area contributed by atoms with Gasteiger partial charge < -0.3 is 10.7 Å². The number of halogens is 4. The number of hydrogen-bond acceptors (Lipinski definition) is 4. The van der Waals surface area contributed by atoms with Gasteiger partial charge in [-0.3, -0.25) is 19.9 Å². The number of carbonyl (C=O) groups excluding carboxylic acids is 2. The third kappa shape index (κ3) is 5.54. The first-order valence-electron chi connectivity index (χ1n) is 8.43. The summed E-state index contributed by atoms with van der Waals surface area (Å²) in [7, 11) is 0. The zero-order valence-corrected chi connectivity index (χ0v) is 16.4. The van der Waals surface area contributed by atoms with Crippen LogP contribution in [0.25, 0.3) is 0 Å². The van der Waals surface area contributed by atoms with E-state index in [1.165, 1.54) is 12.1 Å². The maximum absolute atomic E-state index is 13.5. The molecule has 0 aliphatic rings. The normalized spacial score (nSPS) is 11.0. The van der Waals surface area contributed by atoms with Crippen LogP contribution >= 0.6 is 11.6 Å². The maximum atomic E-state index is 13.5. The van der Waals surface area contributed by atoms with Gasteiger partial charge in [0.2, 0.25) is 11.8 Å². The summed E-state index contributed by atoms with van der Waals surface area (Å²) in [6.45, 7) is 1.11. The second-order valence-corrected chi connectivity index (χ2v) is 6.40. The molecule has 0 radical (unpaired) electrons. The lowest BCUT2D eigenvalue weighted by molar-refractivity contribution is -0.119. The van der Waals surface area contributed by atoms with Gasteiger partial charge in [-0.15, -0.1) is 0 Å². The predicted molar refractivity (Wildman–Crippen MR) is 107 cm³/mol. The average Bonchev–Trinajstić information content (AvgIpc) is 2.67. The standard InChI is InChI=1S/C20H16ClF3N4O2/c1-11(29)28(14-5-6-15(22)17(24)9-14)18(26)8-13(10-25)27-19(30)7-12-3-2-4-16(23)20(12)21/h2-6,8-10,25-26H,7H2,1H3,(H,27,30)/b13-8+,25-10?,26-18?. The zero-order chi connectivity index (χ0) is 22.4. The number of nitrogens with one attached hydrogen (secondary N) is 3. The molecule has 30 heavy (non-hydrogen) atoms. The Balaban J connectivity index is 2.21. The highest BCUT2D eigenvalue weighted by Gasteiger charge is 2.18. The fourth-order valence-corrected chi connectivity index (χ4v) is 2.70. The highest BCUT2D eigenvalue weighted by Crippen LogP contribution is 2.21. The van der Waals surface area contributed by atoms with Crippen LogP contribution in [0.1, 0.15) is 12.5 Å². The van der Waals surface area contributed by atoms with Crippen molar-refractivity contribution < 1.29 is 22.8 Å². The van der Waals surface area contributed by atoms with E-state index in [1.807, 2.05) is 0 Å². The summed E-state index contributed by atoms with van der Waals surface area (Å²) in [5, 5.41) is 17.6. The van der Waals surface area contributed by atoms with Crippen LogP contribution in [0.5, 0.6) is 0 Å². The highest BCUT2D eigenvalue weighted by molar-refractivity contribution is 6.31. The van der Waals surface area contributed by atoms with Crippen LogP contribution in [0.15, 0.2) is 48.2 Å². The van der Waals surface area contributed by atoms with E-state index >= 15 is 0 Å². The fourth-order valence-electron chi connectivity index (χ4n) is 2.50. The van der Waals surface area contributed by atoms with Crippen LogP contribution in [0.2, 0.25) is 5.02 Å². The first-order valence-corrected chi connectivity index (χ1v) is 8.81. The molecule has 2 rings (SSSR count). The second kappa shape index (κ2) is 9.84. The summed E-state index contributed by atoms with van der Waals surface area (Å²) in [6.07, 6.45) is 1.42. The van der Waals surface area contributed by atoms with Gasteiger partial charge in [0, 0.05) is 25.3 Å². The van der Waals surface area contributed by atoms with Gasteiger partial charge in [-0.25, -0.2) is 13.2 Å². The van der Waals surface area contributed by atoms with Crippen molar-refractivity contribution in [2.75, 3.05) is 4.90 Å². The molecule has 3 N–H and O–H groups in total. The topological polar surface area (TPSA) is 97.1 Å². The Morgan fingerprint density at radius 3 is 2.43 bits per heavy atom. The Kier molecular flexibility index (Phi) is 7.48. The van der Waals surface area contributed by atoms with Crippen molar-refractivity contribution in [2.45, 2.75) is 13.3 Å². The number of benzene rings is 2. The molecule has 0 heterocycles. The molecule has 0 aliphatic heterocycles. The summed E-state index contributed by atoms with van der Waals surface area (Å²) in [4.78, 5) is 24.9. The Labute approximate surface area is 175 Å². The number of carbonyl (C=O) groups is 2. The first kappa shape index (κ1) is 22.8. The Morgan fingerprint density at radius 2 is 1.83 bits per heavy atom. The van der Waals surface area contributed by atoms with Crippen molar-refractivity contribution in [3.63, 3.8) is 0 Å². The molecule has 0 atom stereocenters. The third-order valence-corrected chi connectivity index (χ3v) is 4.25. The van der Waals surface area contributed by atoms with Crippen LogP contribution in [-0.2, 0) is 16.0 Å². The van der Waals surface area contributed by atoms with Crippen LogP contribution in [0.4, 0.5) is 18.9 Å². The number of allylic oxidation sites excluding steroid dienone is 1. The minimum Gasteiger partial charge on any atom is -0.324 e. The van der Waals surface area contributed by atoms with E-state index in [-0.39, 0.29) is 28.4 Å². The summed E-state index contributed by atoms with van der Waals surface area (Å²) in [5.41, 5.74) is -0.0445. The number of amidine groups is 1. The molecule has 156 valence electrons. The Bertz CT molecular complexity index is 1060. The Hall–Kier alpha value is -3.46. The van der Waals surface area contributed by atoms with Gasteiger partial charge in [-0.05, 0) is 23.8 Å². The molecule has 0 bridgehead atoms. The van der Waals surface area contributed by atoms with E-state index in [0.29, 0.717) is 0 Å². The average molecular weight is 437 g/mol. The quantitative estimate of drug-likeness (QED) is 0.471. The third-order valence-electron chi connectivity index (χ3n) is 3.83. The van der Waals surface area contributed by atoms with Gasteiger partial charge in [-0.2, -0.15) is 0 Å². The van der Waals surface area contributed by atoms with Crippen molar-refractivity contribution in [2.24, 2.45) is 0 Å². The number of amides is 2. The molecule has 0 fully saturated rings. The minimum atomic E-state index is -1.21. The molecule has 6 nitrogen and oxygen atoms in total. The van der Waals surface area contributed by atoms with E-state index in [4.69, 9.17) is 22.4 Å². The minimum absolute atomic E-state index is 0.107. The van der Waals surface area contributed by atoms with Gasteiger partial charge >= 0.3 is 0 Å². The second-order valence-electron chi connectivity index (χ2n) is 6.02. The molecule has 2 aromatic carbocycles. The number of anilines is 1. The lowest BCUT2D eigenvalue weighted by Gasteiger charge is -2.20. The molecule has 0 unspecified atom stereocenters. The van der Waals surface area contributed by atoms with E-state index in [0.717, 1.165) is 48.4 Å². The van der Waals surface area contributed by atoms with Crippen LogP contribution in [-0.4, -0.2) is 23.9 Å². The molecule has 0 saturated carbocycles. The van der Waals surface area contributed by atoms with Crippen molar-refractivity contribution in [3.05, 3.63) is 76.2 Å². The molecule has 10 heteroatoms. The predicted octanol–water partition coefficient (Wildman–Crippen LogP) is 3.98. The molecule has 2 amide bonds. The lowest BCUT2D eigenvalue weighted by Crippen LogP contribution is -2.35. The number of hydrogen-bond donors (Lipinski definition) is 3. The smallest absolute Gasteiger partial charge is 0.229 e. The molecule has 0 saturated heterocycles. The van der Waals surface area contributed by atoms with E-state index in [2.05, 4.69) is 5.32 Å². The number of rotatable bonds is 6. The van der Waals surface area contributed by atoms with Crippen molar-refractivity contribution >= 4 is 41.2 Å².